The fourth-order valence-electron chi connectivity index (χ4n) is 3.88. The summed E-state index contributed by atoms with van der Waals surface area (Å²) < 4.78 is 0. The minimum atomic E-state index is -0.231. The Bertz CT molecular complexity index is 978. The van der Waals surface area contributed by atoms with Gasteiger partial charge in [-0.1, -0.05) is 36.4 Å². The van der Waals surface area contributed by atoms with E-state index in [1.807, 2.05) is 13.0 Å². The van der Waals surface area contributed by atoms with E-state index in [2.05, 4.69) is 68.9 Å². The molecule has 5 nitrogen and oxygen atoms in total. The van der Waals surface area contributed by atoms with E-state index in [1.54, 1.807) is 0 Å². The van der Waals surface area contributed by atoms with Crippen molar-refractivity contribution in [3.8, 4) is 0 Å². The molecule has 5 rings (SSSR count). The number of hydrogen-bond acceptors (Lipinski definition) is 3. The predicted molar refractivity (Wildman–Crippen MR) is 110 cm³/mol. The smallest absolute Gasteiger partial charge is 0.232 e. The largest absolute Gasteiger partial charge is 0.363 e. The van der Waals surface area contributed by atoms with Gasteiger partial charge >= 0.3 is 0 Å². The van der Waals surface area contributed by atoms with Gasteiger partial charge in [0.1, 0.15) is 0 Å². The van der Waals surface area contributed by atoms with Crippen molar-refractivity contribution in [1.29, 1.82) is 0 Å². The molecule has 5 heteroatoms. The molecule has 142 valence electrons. The normalized spacial score (nSPS) is 16.7. The molecule has 2 aromatic carbocycles. The summed E-state index contributed by atoms with van der Waals surface area (Å²) in [6, 6.07) is 18.9. The summed E-state index contributed by atoms with van der Waals surface area (Å²) in [5.74, 6) is 0.950. The van der Waals surface area contributed by atoms with E-state index < -0.39 is 0 Å². The Labute approximate surface area is 164 Å². The molecule has 28 heavy (non-hydrogen) atoms. The highest BCUT2D eigenvalue weighted by Gasteiger charge is 2.26. The first-order valence-corrected chi connectivity index (χ1v) is 9.95. The van der Waals surface area contributed by atoms with Crippen LogP contribution >= 0.6 is 0 Å². The fraction of sp³-hybridized carbons (Fsp3) is 0.304. The molecule has 1 unspecified atom stereocenters. The maximum absolute atomic E-state index is 12.6. The number of H-pyrrole nitrogens is 1. The van der Waals surface area contributed by atoms with E-state index in [0.717, 1.165) is 24.3 Å². The Morgan fingerprint density at radius 3 is 2.43 bits per heavy atom. The molecule has 2 N–H and O–H groups in total. The lowest BCUT2D eigenvalue weighted by atomic mass is 10.00. The van der Waals surface area contributed by atoms with E-state index >= 15 is 0 Å². The number of hydrogen-bond donors (Lipinski definition) is 2. The number of benzene rings is 2. The molecular weight excluding hydrogens is 348 g/mol. The zero-order valence-corrected chi connectivity index (χ0v) is 16.0. The molecule has 1 aromatic heterocycles. The van der Waals surface area contributed by atoms with Crippen molar-refractivity contribution in [2.75, 3.05) is 10.2 Å². The van der Waals surface area contributed by atoms with Crippen LogP contribution < -0.4 is 10.2 Å². The third kappa shape index (κ3) is 3.28. The molecule has 1 fully saturated rings. The SMILES string of the molecule is CC(C(=O)Nc1cc(C2CC2)[nH]n1)c1ccc(N2Cc3ccccc3C2)cc1. The van der Waals surface area contributed by atoms with Crippen molar-refractivity contribution >= 4 is 17.4 Å². The van der Waals surface area contributed by atoms with Gasteiger partial charge in [0.15, 0.2) is 5.82 Å². The molecule has 1 aliphatic carbocycles. The average molecular weight is 372 g/mol. The molecule has 1 aliphatic heterocycles. The standard InChI is InChI=1S/C23H24N4O/c1-15(23(28)24-22-12-21(25-26-22)17-6-7-17)16-8-10-20(11-9-16)27-13-18-4-2-3-5-19(18)14-27/h2-5,8-12,15,17H,6-7,13-14H2,1H3,(H2,24,25,26,28). The molecule has 0 saturated heterocycles. The van der Waals surface area contributed by atoms with Gasteiger partial charge in [-0.3, -0.25) is 9.89 Å². The van der Waals surface area contributed by atoms with Crippen molar-refractivity contribution in [1.82, 2.24) is 10.2 Å². The van der Waals surface area contributed by atoms with Crippen molar-refractivity contribution in [3.63, 3.8) is 0 Å². The number of aromatic nitrogens is 2. The lowest BCUT2D eigenvalue weighted by molar-refractivity contribution is -0.117. The number of fused-ring (bicyclic) bond motifs is 1. The number of nitrogens with zero attached hydrogens (tertiary/aromatic N) is 2. The molecule has 1 atom stereocenters. The number of rotatable bonds is 5. The van der Waals surface area contributed by atoms with Gasteiger partial charge in [-0.25, -0.2) is 0 Å². The van der Waals surface area contributed by atoms with Gasteiger partial charge in [0.25, 0.3) is 0 Å². The summed E-state index contributed by atoms with van der Waals surface area (Å²) in [5.41, 5.74) is 6.11. The van der Waals surface area contributed by atoms with Gasteiger partial charge in [-0.15, -0.1) is 0 Å². The molecule has 0 bridgehead atoms. The Kier molecular flexibility index (Phi) is 4.15. The van der Waals surface area contributed by atoms with Crippen molar-refractivity contribution in [2.45, 2.75) is 44.7 Å². The van der Waals surface area contributed by atoms with Crippen molar-refractivity contribution in [2.24, 2.45) is 0 Å². The third-order valence-corrected chi connectivity index (χ3v) is 5.86. The van der Waals surface area contributed by atoms with Gasteiger partial charge in [0, 0.05) is 36.5 Å². The summed E-state index contributed by atoms with van der Waals surface area (Å²) in [5, 5.41) is 10.2. The number of amides is 1. The Hall–Kier alpha value is -3.08. The van der Waals surface area contributed by atoms with E-state index in [0.29, 0.717) is 11.7 Å². The second kappa shape index (κ2) is 6.82. The van der Waals surface area contributed by atoms with Gasteiger partial charge < -0.3 is 10.2 Å². The predicted octanol–water partition coefficient (Wildman–Crippen LogP) is 4.55. The highest BCUT2D eigenvalue weighted by molar-refractivity contribution is 5.94. The molecule has 2 heterocycles. The first kappa shape index (κ1) is 17.0. The zero-order valence-electron chi connectivity index (χ0n) is 16.0. The number of carbonyl (C=O) groups is 1. The van der Waals surface area contributed by atoms with Gasteiger partial charge in [-0.2, -0.15) is 5.10 Å². The van der Waals surface area contributed by atoms with Crippen LogP contribution in [0.5, 0.6) is 0 Å². The van der Waals surface area contributed by atoms with Crippen LogP contribution in [0.2, 0.25) is 0 Å². The highest BCUT2D eigenvalue weighted by Crippen LogP contribution is 2.39. The van der Waals surface area contributed by atoms with Gasteiger partial charge in [-0.05, 0) is 48.6 Å². The van der Waals surface area contributed by atoms with Crippen LogP contribution in [-0.2, 0) is 17.9 Å². The molecule has 0 spiro atoms. The summed E-state index contributed by atoms with van der Waals surface area (Å²) in [7, 11) is 0. The lowest BCUT2D eigenvalue weighted by Crippen LogP contribution is -2.19. The minimum Gasteiger partial charge on any atom is -0.363 e. The quantitative estimate of drug-likeness (QED) is 0.691. The topological polar surface area (TPSA) is 61.0 Å². The minimum absolute atomic E-state index is 0.0322. The summed E-state index contributed by atoms with van der Waals surface area (Å²) in [6.07, 6.45) is 2.42. The molecule has 1 saturated carbocycles. The van der Waals surface area contributed by atoms with Crippen LogP contribution in [0.15, 0.2) is 54.6 Å². The molecular formula is C23H24N4O. The maximum Gasteiger partial charge on any atom is 0.232 e. The number of nitrogens with one attached hydrogen (secondary N) is 2. The fourth-order valence-corrected chi connectivity index (χ4v) is 3.88. The Morgan fingerprint density at radius 1 is 1.11 bits per heavy atom. The molecule has 3 aromatic rings. The number of carbonyl (C=O) groups excluding carboxylic acids is 1. The molecule has 0 radical (unpaired) electrons. The van der Waals surface area contributed by atoms with E-state index in [4.69, 9.17) is 0 Å². The second-order valence-corrected chi connectivity index (χ2v) is 7.91. The number of aromatic amines is 1. The van der Waals surface area contributed by atoms with Crippen LogP contribution in [0.3, 0.4) is 0 Å². The summed E-state index contributed by atoms with van der Waals surface area (Å²) >= 11 is 0. The third-order valence-electron chi connectivity index (χ3n) is 5.86. The van der Waals surface area contributed by atoms with Crippen LogP contribution in [0.4, 0.5) is 11.5 Å². The second-order valence-electron chi connectivity index (χ2n) is 7.91. The van der Waals surface area contributed by atoms with Crippen LogP contribution in [-0.4, -0.2) is 16.1 Å². The Morgan fingerprint density at radius 2 is 1.79 bits per heavy atom. The zero-order chi connectivity index (χ0) is 19.1. The van der Waals surface area contributed by atoms with E-state index in [9.17, 15) is 4.79 Å². The first-order chi connectivity index (χ1) is 13.7. The monoisotopic (exact) mass is 372 g/mol. The van der Waals surface area contributed by atoms with Gasteiger partial charge in [0.05, 0.1) is 5.92 Å². The van der Waals surface area contributed by atoms with Crippen molar-refractivity contribution < 1.29 is 4.79 Å². The van der Waals surface area contributed by atoms with Crippen LogP contribution in [0, 0.1) is 0 Å². The average Bonchev–Trinajstić information content (AvgIpc) is 3.31. The van der Waals surface area contributed by atoms with Crippen LogP contribution in [0.1, 0.15) is 54.0 Å². The van der Waals surface area contributed by atoms with Crippen LogP contribution in [0.25, 0.3) is 0 Å². The first-order valence-electron chi connectivity index (χ1n) is 9.95. The van der Waals surface area contributed by atoms with Crippen molar-refractivity contribution in [3.05, 3.63) is 77.0 Å². The maximum atomic E-state index is 12.6. The highest BCUT2D eigenvalue weighted by atomic mass is 16.1. The molecule has 1 amide bonds. The van der Waals surface area contributed by atoms with E-state index in [-0.39, 0.29) is 11.8 Å². The van der Waals surface area contributed by atoms with E-state index in [1.165, 1.54) is 29.7 Å². The Balaban J connectivity index is 1.24. The summed E-state index contributed by atoms with van der Waals surface area (Å²) in [4.78, 5) is 15.0. The molecule has 2 aliphatic rings. The summed E-state index contributed by atoms with van der Waals surface area (Å²) in [6.45, 7) is 3.81. The lowest BCUT2D eigenvalue weighted by Gasteiger charge is -2.19. The number of anilines is 2. The van der Waals surface area contributed by atoms with Gasteiger partial charge in [0.2, 0.25) is 5.91 Å².